The molecule has 4 aromatic carbocycles. The number of nitrogens with zero attached hydrogens (tertiary/aromatic N) is 1. The third kappa shape index (κ3) is 2.27. The first kappa shape index (κ1) is 15.0. The lowest BCUT2D eigenvalue weighted by Gasteiger charge is -2.11. The Morgan fingerprint density at radius 2 is 1.23 bits per heavy atom. The van der Waals surface area contributed by atoms with Crippen molar-refractivity contribution in [2.75, 3.05) is 0 Å². The molecule has 0 saturated heterocycles. The number of benzene rings is 4. The van der Waals surface area contributed by atoms with E-state index in [1.165, 1.54) is 44.1 Å². The van der Waals surface area contributed by atoms with Gasteiger partial charge in [0.15, 0.2) is 0 Å². The predicted molar refractivity (Wildman–Crippen MR) is 114 cm³/mol. The van der Waals surface area contributed by atoms with Crippen LogP contribution in [0.3, 0.4) is 0 Å². The standard InChI is InChI=1S/C24H18BN/c25-21-11-5-7-13-24(21)26-22-12-6-4-10-19(22)20-16-18(14-15-23(20)26)17-8-2-1-3-9-17/h1-16H,25H2. The summed E-state index contributed by atoms with van der Waals surface area (Å²) >= 11 is 0. The van der Waals surface area contributed by atoms with Crippen LogP contribution in [-0.2, 0) is 0 Å². The molecular weight excluding hydrogens is 313 g/mol. The molecule has 5 rings (SSSR count). The summed E-state index contributed by atoms with van der Waals surface area (Å²) in [6, 6.07) is 34.7. The van der Waals surface area contributed by atoms with Crippen LogP contribution in [-0.4, -0.2) is 12.4 Å². The van der Waals surface area contributed by atoms with Crippen molar-refractivity contribution < 1.29 is 0 Å². The molecule has 0 aliphatic heterocycles. The van der Waals surface area contributed by atoms with Crippen molar-refractivity contribution in [2.45, 2.75) is 0 Å². The van der Waals surface area contributed by atoms with E-state index in [2.05, 4.69) is 109 Å². The highest BCUT2D eigenvalue weighted by atomic mass is 15.0. The fourth-order valence-electron chi connectivity index (χ4n) is 3.86. The zero-order chi connectivity index (χ0) is 17.5. The molecular formula is C24H18BN. The molecule has 0 aliphatic rings. The molecule has 1 aromatic heterocycles. The van der Waals surface area contributed by atoms with E-state index < -0.39 is 0 Å². The van der Waals surface area contributed by atoms with Gasteiger partial charge in [0.2, 0.25) is 0 Å². The van der Waals surface area contributed by atoms with Crippen molar-refractivity contribution in [1.82, 2.24) is 4.57 Å². The summed E-state index contributed by atoms with van der Waals surface area (Å²) in [5.74, 6) is 0. The van der Waals surface area contributed by atoms with Gasteiger partial charge in [0, 0.05) is 16.5 Å². The van der Waals surface area contributed by atoms with Crippen molar-refractivity contribution in [2.24, 2.45) is 0 Å². The maximum absolute atomic E-state index is 2.38. The average Bonchev–Trinajstić information content (AvgIpc) is 3.03. The molecule has 0 bridgehead atoms. The van der Waals surface area contributed by atoms with Gasteiger partial charge in [-0.1, -0.05) is 78.3 Å². The van der Waals surface area contributed by atoms with Crippen molar-refractivity contribution in [1.29, 1.82) is 0 Å². The van der Waals surface area contributed by atoms with Crippen LogP contribution < -0.4 is 5.46 Å². The second-order valence-electron chi connectivity index (χ2n) is 6.74. The fraction of sp³-hybridized carbons (Fsp3) is 0. The lowest BCUT2D eigenvalue weighted by atomic mass is 9.94. The maximum Gasteiger partial charge on any atom is 0.142 e. The Hall–Kier alpha value is -3.26. The summed E-state index contributed by atoms with van der Waals surface area (Å²) in [7, 11) is 2.17. The summed E-state index contributed by atoms with van der Waals surface area (Å²) in [5, 5.41) is 2.59. The van der Waals surface area contributed by atoms with Crippen LogP contribution in [0.4, 0.5) is 0 Å². The minimum Gasteiger partial charge on any atom is -0.310 e. The zero-order valence-electron chi connectivity index (χ0n) is 14.7. The smallest absolute Gasteiger partial charge is 0.142 e. The van der Waals surface area contributed by atoms with Crippen LogP contribution in [0, 0.1) is 0 Å². The van der Waals surface area contributed by atoms with Gasteiger partial charge in [-0.2, -0.15) is 0 Å². The minimum atomic E-state index is 1.24. The second-order valence-corrected chi connectivity index (χ2v) is 6.74. The molecule has 0 fully saturated rings. The average molecular weight is 331 g/mol. The molecule has 122 valence electrons. The van der Waals surface area contributed by atoms with E-state index in [0.29, 0.717) is 0 Å². The molecule has 1 heterocycles. The molecule has 0 radical (unpaired) electrons. The minimum absolute atomic E-state index is 1.24. The SMILES string of the molecule is Bc1ccccc1-n1c2ccccc2c2cc(-c3ccccc3)ccc21. The van der Waals surface area contributed by atoms with Gasteiger partial charge in [-0.05, 0) is 35.4 Å². The van der Waals surface area contributed by atoms with Crippen LogP contribution in [0.25, 0.3) is 38.6 Å². The Morgan fingerprint density at radius 1 is 0.538 bits per heavy atom. The van der Waals surface area contributed by atoms with Crippen molar-refractivity contribution in [3.63, 3.8) is 0 Å². The Morgan fingerprint density at radius 3 is 2.08 bits per heavy atom. The predicted octanol–water partition coefficient (Wildman–Crippen LogP) is 4.71. The Kier molecular flexibility index (Phi) is 3.43. The highest BCUT2D eigenvalue weighted by Gasteiger charge is 2.13. The van der Waals surface area contributed by atoms with E-state index >= 15 is 0 Å². The summed E-state index contributed by atoms with van der Waals surface area (Å²) in [6.45, 7) is 0. The van der Waals surface area contributed by atoms with E-state index in [1.807, 2.05) is 0 Å². The van der Waals surface area contributed by atoms with Crippen molar-refractivity contribution >= 4 is 35.1 Å². The first-order chi connectivity index (χ1) is 12.8. The number of fused-ring (bicyclic) bond motifs is 3. The number of hydrogen-bond acceptors (Lipinski definition) is 0. The highest BCUT2D eigenvalue weighted by Crippen LogP contribution is 2.34. The molecule has 26 heavy (non-hydrogen) atoms. The van der Waals surface area contributed by atoms with Gasteiger partial charge in [-0.15, -0.1) is 0 Å². The summed E-state index contributed by atoms with van der Waals surface area (Å²) in [6.07, 6.45) is 0. The Labute approximate surface area is 153 Å². The van der Waals surface area contributed by atoms with E-state index in [9.17, 15) is 0 Å². The van der Waals surface area contributed by atoms with Gasteiger partial charge in [-0.3, -0.25) is 0 Å². The van der Waals surface area contributed by atoms with Crippen molar-refractivity contribution in [3.8, 4) is 16.8 Å². The monoisotopic (exact) mass is 331 g/mol. The van der Waals surface area contributed by atoms with Crippen LogP contribution >= 0.6 is 0 Å². The quantitative estimate of drug-likeness (QED) is 0.413. The van der Waals surface area contributed by atoms with Crippen LogP contribution in [0.5, 0.6) is 0 Å². The molecule has 1 nitrogen and oxygen atoms in total. The molecule has 5 aromatic rings. The topological polar surface area (TPSA) is 4.93 Å². The highest BCUT2D eigenvalue weighted by molar-refractivity contribution is 6.35. The number of rotatable bonds is 2. The molecule has 0 amide bonds. The van der Waals surface area contributed by atoms with Crippen LogP contribution in [0.15, 0.2) is 97.1 Å². The molecule has 2 heteroatoms. The zero-order valence-corrected chi connectivity index (χ0v) is 14.7. The fourth-order valence-corrected chi connectivity index (χ4v) is 3.86. The van der Waals surface area contributed by atoms with Crippen molar-refractivity contribution in [3.05, 3.63) is 97.1 Å². The van der Waals surface area contributed by atoms with Gasteiger partial charge >= 0.3 is 0 Å². The van der Waals surface area contributed by atoms with E-state index in [0.717, 1.165) is 0 Å². The van der Waals surface area contributed by atoms with Gasteiger partial charge in [-0.25, -0.2) is 0 Å². The van der Waals surface area contributed by atoms with Crippen LogP contribution in [0.2, 0.25) is 0 Å². The summed E-state index contributed by atoms with van der Waals surface area (Å²) in [4.78, 5) is 0. The van der Waals surface area contributed by atoms with E-state index in [4.69, 9.17) is 0 Å². The number of aromatic nitrogens is 1. The lowest BCUT2D eigenvalue weighted by Crippen LogP contribution is -2.11. The Balaban J connectivity index is 1.87. The Bertz CT molecular complexity index is 1240. The molecule has 0 aliphatic carbocycles. The lowest BCUT2D eigenvalue weighted by molar-refractivity contribution is 1.19. The van der Waals surface area contributed by atoms with E-state index in [1.54, 1.807) is 0 Å². The normalized spacial score (nSPS) is 11.2. The van der Waals surface area contributed by atoms with E-state index in [-0.39, 0.29) is 0 Å². The van der Waals surface area contributed by atoms with Crippen LogP contribution in [0.1, 0.15) is 0 Å². The molecule has 0 unspecified atom stereocenters. The third-order valence-corrected chi connectivity index (χ3v) is 5.14. The van der Waals surface area contributed by atoms with Gasteiger partial charge in [0.25, 0.3) is 0 Å². The summed E-state index contributed by atoms with van der Waals surface area (Å²) < 4.78 is 2.38. The first-order valence-corrected chi connectivity index (χ1v) is 8.97. The largest absolute Gasteiger partial charge is 0.310 e. The molecule has 0 N–H and O–H groups in total. The maximum atomic E-state index is 2.38. The van der Waals surface area contributed by atoms with Gasteiger partial charge < -0.3 is 4.57 Å². The summed E-state index contributed by atoms with van der Waals surface area (Å²) in [5.41, 5.74) is 7.53. The number of hydrogen-bond donors (Lipinski definition) is 0. The number of para-hydroxylation sites is 2. The molecule has 0 spiro atoms. The third-order valence-electron chi connectivity index (χ3n) is 5.14. The van der Waals surface area contributed by atoms with Gasteiger partial charge in [0.1, 0.15) is 7.85 Å². The second kappa shape index (κ2) is 5.92. The first-order valence-electron chi connectivity index (χ1n) is 8.97. The van der Waals surface area contributed by atoms with Gasteiger partial charge in [0.05, 0.1) is 11.0 Å². The molecule has 0 atom stereocenters. The molecule has 0 saturated carbocycles.